The van der Waals surface area contributed by atoms with Crippen LogP contribution in [0.3, 0.4) is 0 Å². The largest absolute Gasteiger partial charge is 0.493 e. The molecule has 10 heteroatoms. The summed E-state index contributed by atoms with van der Waals surface area (Å²) in [4.78, 5) is 28.4. The van der Waals surface area contributed by atoms with Crippen molar-refractivity contribution >= 4 is 39.9 Å². The summed E-state index contributed by atoms with van der Waals surface area (Å²) in [5.41, 5.74) is 5.86. The van der Waals surface area contributed by atoms with Crippen molar-refractivity contribution in [2.75, 3.05) is 32.6 Å². The number of carbonyl (C=O) groups is 1. The number of halogens is 1. The van der Waals surface area contributed by atoms with Crippen LogP contribution < -0.4 is 20.1 Å². The highest BCUT2D eigenvalue weighted by Gasteiger charge is 2.48. The number of rotatable bonds is 6. The van der Waals surface area contributed by atoms with Crippen molar-refractivity contribution in [3.63, 3.8) is 0 Å². The van der Waals surface area contributed by atoms with Gasteiger partial charge in [0, 0.05) is 48.6 Å². The number of nitrogens with one attached hydrogen (secondary N) is 3. The van der Waals surface area contributed by atoms with Crippen LogP contribution in [0.15, 0.2) is 42.6 Å². The molecular formula is C27H25ClN6O3. The van der Waals surface area contributed by atoms with Crippen molar-refractivity contribution in [1.29, 1.82) is 0 Å². The Labute approximate surface area is 218 Å². The maximum atomic E-state index is 13.2. The zero-order valence-electron chi connectivity index (χ0n) is 20.3. The van der Waals surface area contributed by atoms with Crippen molar-refractivity contribution in [3.8, 4) is 22.9 Å². The number of methoxy groups -OCH3 is 1. The molecule has 4 aromatic rings. The molecule has 3 N–H and O–H groups in total. The van der Waals surface area contributed by atoms with Crippen molar-refractivity contribution in [1.82, 2.24) is 25.2 Å². The van der Waals surface area contributed by atoms with Gasteiger partial charge in [-0.2, -0.15) is 0 Å². The number of amides is 1. The number of carbonyl (C=O) groups excluding carboxylic acids is 1. The molecule has 0 unspecified atom stereocenters. The molecule has 1 amide bonds. The fourth-order valence-corrected chi connectivity index (χ4v) is 5.64. The summed E-state index contributed by atoms with van der Waals surface area (Å²) in [6.07, 6.45) is 2.79. The van der Waals surface area contributed by atoms with Gasteiger partial charge in [0.25, 0.3) is 5.91 Å². The molecular weight excluding hydrogens is 492 g/mol. The van der Waals surface area contributed by atoms with Crippen molar-refractivity contribution in [3.05, 3.63) is 58.9 Å². The van der Waals surface area contributed by atoms with Gasteiger partial charge in [-0.05, 0) is 37.7 Å². The highest BCUT2D eigenvalue weighted by molar-refractivity contribution is 6.32. The molecule has 188 valence electrons. The molecule has 0 bridgehead atoms. The van der Waals surface area contributed by atoms with Gasteiger partial charge in [0.1, 0.15) is 11.6 Å². The second-order valence-electron chi connectivity index (χ2n) is 9.87. The Bertz CT molecular complexity index is 1560. The standard InChI is InChI=1S/C27H25ClN6O3/c1-34-11-13(12-34)37-20-7-6-17-22(32-20)14(8-9-29-17)24-25(30-18-5-3-4-16(28)26(18)36-2)21-23(33-24)15-10-19(15)31-27(21)35/h3-9,13,15,19,30,33H,10-12H2,1-2H3,(H,31,35)/t15-,19+/m0/s1. The molecule has 37 heavy (non-hydrogen) atoms. The first-order valence-corrected chi connectivity index (χ1v) is 12.7. The molecule has 1 aromatic carbocycles. The normalized spacial score (nSPS) is 20.6. The smallest absolute Gasteiger partial charge is 0.255 e. The monoisotopic (exact) mass is 516 g/mol. The molecule has 7 rings (SSSR count). The Hall–Kier alpha value is -3.82. The number of pyridine rings is 2. The van der Waals surface area contributed by atoms with Gasteiger partial charge in [-0.25, -0.2) is 4.98 Å². The fourth-order valence-electron chi connectivity index (χ4n) is 5.39. The molecule has 2 atom stereocenters. The van der Waals surface area contributed by atoms with Crippen LogP contribution in [0.2, 0.25) is 5.02 Å². The third-order valence-corrected chi connectivity index (χ3v) is 7.61. The van der Waals surface area contributed by atoms with E-state index in [9.17, 15) is 4.79 Å². The number of likely N-dealkylation sites (tertiary alicyclic amines) is 1. The predicted octanol–water partition coefficient (Wildman–Crippen LogP) is 4.32. The van der Waals surface area contributed by atoms with Crippen molar-refractivity contribution in [2.24, 2.45) is 0 Å². The quantitative estimate of drug-likeness (QED) is 0.350. The lowest BCUT2D eigenvalue weighted by atomic mass is 10.0. The Kier molecular flexibility index (Phi) is 5.06. The summed E-state index contributed by atoms with van der Waals surface area (Å²) >= 11 is 6.40. The highest BCUT2D eigenvalue weighted by Crippen LogP contribution is 2.51. The first kappa shape index (κ1) is 22.4. The number of hydrogen-bond donors (Lipinski definition) is 3. The molecule has 9 nitrogen and oxygen atoms in total. The molecule has 1 saturated heterocycles. The summed E-state index contributed by atoms with van der Waals surface area (Å²) in [7, 11) is 3.63. The number of aromatic amines is 1. The lowest BCUT2D eigenvalue weighted by molar-refractivity contribution is 0.0358. The Morgan fingerprint density at radius 2 is 2.05 bits per heavy atom. The molecule has 3 aliphatic rings. The average Bonchev–Trinajstić information content (AvgIpc) is 3.55. The second kappa shape index (κ2) is 8.36. The van der Waals surface area contributed by atoms with Crippen LogP contribution in [0, 0.1) is 0 Å². The molecule has 2 fully saturated rings. The van der Waals surface area contributed by atoms with Crippen LogP contribution in [0.25, 0.3) is 22.3 Å². The Balaban J connectivity index is 1.39. The average molecular weight is 517 g/mol. The molecule has 0 spiro atoms. The van der Waals surface area contributed by atoms with Crippen molar-refractivity contribution < 1.29 is 14.3 Å². The third kappa shape index (κ3) is 3.69. The Morgan fingerprint density at radius 3 is 2.86 bits per heavy atom. The first-order valence-electron chi connectivity index (χ1n) is 12.3. The summed E-state index contributed by atoms with van der Waals surface area (Å²) in [5.74, 6) is 1.22. The summed E-state index contributed by atoms with van der Waals surface area (Å²) < 4.78 is 11.7. The minimum atomic E-state index is -0.107. The number of para-hydroxylation sites is 1. The lowest BCUT2D eigenvalue weighted by Crippen LogP contribution is -2.51. The molecule has 3 aromatic heterocycles. The second-order valence-corrected chi connectivity index (χ2v) is 10.3. The third-order valence-electron chi connectivity index (χ3n) is 7.31. The van der Waals surface area contributed by atoms with E-state index in [0.29, 0.717) is 39.1 Å². The van der Waals surface area contributed by atoms with Crippen molar-refractivity contribution in [2.45, 2.75) is 24.5 Å². The minimum absolute atomic E-state index is 0.107. The maximum Gasteiger partial charge on any atom is 0.255 e. The Morgan fingerprint density at radius 1 is 1.19 bits per heavy atom. The van der Waals surface area contributed by atoms with Crippen LogP contribution in [0.5, 0.6) is 11.6 Å². The fraction of sp³-hybridized carbons (Fsp3) is 0.296. The molecule has 2 aliphatic heterocycles. The number of anilines is 2. The van der Waals surface area contributed by atoms with Crippen LogP contribution in [-0.4, -0.2) is 65.2 Å². The van der Waals surface area contributed by atoms with E-state index in [0.717, 1.165) is 42.0 Å². The van der Waals surface area contributed by atoms with Gasteiger partial charge in [0.05, 0.1) is 40.3 Å². The number of nitrogens with zero attached hydrogens (tertiary/aromatic N) is 3. The summed E-state index contributed by atoms with van der Waals surface area (Å²) in [5, 5.41) is 7.05. The topological polar surface area (TPSA) is 104 Å². The van der Waals surface area contributed by atoms with Crippen LogP contribution in [0.1, 0.15) is 28.4 Å². The SMILES string of the molecule is COc1c(Cl)cccc1Nc1c(-c2ccnc3ccc(OC4CN(C)C4)nc23)[nH]c2c1C(=O)N[C@@H]1C[C@H]21. The number of ether oxygens (including phenoxy) is 2. The van der Waals surface area contributed by atoms with Gasteiger partial charge in [-0.15, -0.1) is 0 Å². The first-order chi connectivity index (χ1) is 18.0. The zero-order chi connectivity index (χ0) is 25.3. The van der Waals surface area contributed by atoms with E-state index in [1.807, 2.05) is 30.3 Å². The van der Waals surface area contributed by atoms with E-state index in [1.54, 1.807) is 19.4 Å². The van der Waals surface area contributed by atoms with E-state index >= 15 is 0 Å². The predicted molar refractivity (Wildman–Crippen MR) is 141 cm³/mol. The van der Waals surface area contributed by atoms with Crippen LogP contribution in [-0.2, 0) is 0 Å². The van der Waals surface area contributed by atoms with E-state index in [2.05, 4.69) is 32.5 Å². The number of fused-ring (bicyclic) bond motifs is 4. The minimum Gasteiger partial charge on any atom is -0.493 e. The van der Waals surface area contributed by atoms with E-state index in [4.69, 9.17) is 26.1 Å². The molecule has 0 radical (unpaired) electrons. The van der Waals surface area contributed by atoms with Gasteiger partial charge in [0.15, 0.2) is 5.75 Å². The molecule has 1 saturated carbocycles. The molecule has 5 heterocycles. The van der Waals surface area contributed by atoms with E-state index in [-0.39, 0.29) is 24.0 Å². The lowest BCUT2D eigenvalue weighted by Gasteiger charge is -2.35. The van der Waals surface area contributed by atoms with Crippen LogP contribution in [0.4, 0.5) is 11.4 Å². The van der Waals surface area contributed by atoms with Gasteiger partial charge >= 0.3 is 0 Å². The summed E-state index contributed by atoms with van der Waals surface area (Å²) in [6, 6.07) is 11.3. The summed E-state index contributed by atoms with van der Waals surface area (Å²) in [6.45, 7) is 1.74. The molecule has 1 aliphatic carbocycles. The number of likely N-dealkylation sites (N-methyl/N-ethyl adjacent to an activating group) is 1. The van der Waals surface area contributed by atoms with Gasteiger partial charge < -0.3 is 25.1 Å². The zero-order valence-corrected chi connectivity index (χ0v) is 21.1. The number of H-pyrrole nitrogens is 1. The highest BCUT2D eigenvalue weighted by atomic mass is 35.5. The van der Waals surface area contributed by atoms with Gasteiger partial charge in [0.2, 0.25) is 5.88 Å². The van der Waals surface area contributed by atoms with E-state index in [1.165, 1.54) is 0 Å². The van der Waals surface area contributed by atoms with E-state index < -0.39 is 0 Å². The van der Waals surface area contributed by atoms with Gasteiger partial charge in [-0.3, -0.25) is 14.7 Å². The number of benzene rings is 1. The number of aromatic nitrogens is 3. The number of hydrogen-bond acceptors (Lipinski definition) is 7. The maximum absolute atomic E-state index is 13.2. The van der Waals surface area contributed by atoms with Gasteiger partial charge in [-0.1, -0.05) is 17.7 Å². The van der Waals surface area contributed by atoms with Crippen LogP contribution >= 0.6 is 11.6 Å².